The molecule has 2 saturated heterocycles. The summed E-state index contributed by atoms with van der Waals surface area (Å²) in [4.78, 5) is 26.8. The number of amides is 2. The van der Waals surface area contributed by atoms with Crippen molar-refractivity contribution in [3.8, 4) is 0 Å². The maximum atomic E-state index is 12.3. The molecule has 2 amide bonds. The Morgan fingerprint density at radius 3 is 2.37 bits per heavy atom. The van der Waals surface area contributed by atoms with Crippen LogP contribution in [0.15, 0.2) is 0 Å². The van der Waals surface area contributed by atoms with Crippen LogP contribution in [0.2, 0.25) is 0 Å². The number of likely N-dealkylation sites (tertiary alicyclic amines) is 2. The first-order chi connectivity index (χ1) is 9.08. The maximum absolute atomic E-state index is 12.3. The Labute approximate surface area is 114 Å². The van der Waals surface area contributed by atoms with Crippen LogP contribution in [0.1, 0.15) is 45.4 Å². The number of urea groups is 1. The van der Waals surface area contributed by atoms with Gasteiger partial charge in [0.15, 0.2) is 0 Å². The third-order valence-electron chi connectivity index (χ3n) is 4.45. The molecule has 19 heavy (non-hydrogen) atoms. The maximum Gasteiger partial charge on any atom is 0.320 e. The zero-order chi connectivity index (χ0) is 13.8. The summed E-state index contributed by atoms with van der Waals surface area (Å²) in [5.41, 5.74) is 0. The Morgan fingerprint density at radius 1 is 1.16 bits per heavy atom. The van der Waals surface area contributed by atoms with Crippen LogP contribution in [0.4, 0.5) is 4.79 Å². The van der Waals surface area contributed by atoms with E-state index in [0.717, 1.165) is 51.7 Å². The molecule has 0 saturated carbocycles. The van der Waals surface area contributed by atoms with Crippen molar-refractivity contribution in [1.29, 1.82) is 0 Å². The molecule has 0 aromatic heterocycles. The topological polar surface area (TPSA) is 60.9 Å². The zero-order valence-corrected chi connectivity index (χ0v) is 11.7. The first kappa shape index (κ1) is 14.2. The van der Waals surface area contributed by atoms with Gasteiger partial charge in [-0.25, -0.2) is 4.79 Å². The van der Waals surface area contributed by atoms with E-state index in [1.54, 1.807) is 0 Å². The smallest absolute Gasteiger partial charge is 0.320 e. The van der Waals surface area contributed by atoms with Crippen LogP contribution in [-0.2, 0) is 4.79 Å². The van der Waals surface area contributed by atoms with E-state index in [9.17, 15) is 9.59 Å². The van der Waals surface area contributed by atoms with E-state index >= 15 is 0 Å². The predicted molar refractivity (Wildman–Crippen MR) is 72.0 cm³/mol. The number of piperidine rings is 1. The van der Waals surface area contributed by atoms with Crippen LogP contribution in [0, 0.1) is 5.92 Å². The number of carboxylic acid groups (broad SMARTS) is 1. The number of carboxylic acids is 1. The Morgan fingerprint density at radius 2 is 1.84 bits per heavy atom. The largest absolute Gasteiger partial charge is 0.481 e. The molecule has 0 radical (unpaired) electrons. The molecular formula is C14H24N2O3. The van der Waals surface area contributed by atoms with Crippen LogP contribution in [0.5, 0.6) is 0 Å². The quantitative estimate of drug-likeness (QED) is 0.853. The van der Waals surface area contributed by atoms with Gasteiger partial charge in [0.25, 0.3) is 0 Å². The number of aliphatic carboxylic acids is 1. The van der Waals surface area contributed by atoms with E-state index in [2.05, 4.69) is 6.92 Å². The highest BCUT2D eigenvalue weighted by Crippen LogP contribution is 2.25. The number of nitrogens with zero attached hydrogens (tertiary/aromatic N) is 2. The van der Waals surface area contributed by atoms with Crippen molar-refractivity contribution in [3.05, 3.63) is 0 Å². The second-order valence-corrected chi connectivity index (χ2v) is 5.83. The van der Waals surface area contributed by atoms with Gasteiger partial charge in [-0.3, -0.25) is 4.79 Å². The summed E-state index contributed by atoms with van der Waals surface area (Å²) in [6, 6.07) is 0.555. The van der Waals surface area contributed by atoms with E-state index < -0.39 is 5.97 Å². The second kappa shape index (κ2) is 6.26. The molecule has 2 rings (SSSR count). The van der Waals surface area contributed by atoms with Crippen LogP contribution >= 0.6 is 0 Å². The Balaban J connectivity index is 1.76. The molecule has 0 aromatic carbocycles. The Kier molecular flexibility index (Phi) is 4.66. The standard InChI is InChI=1S/C14H24N2O3/c1-11-3-2-8-16(11)14(19)15-9-6-12(7-10-15)4-5-13(17)18/h11-12H,2-10H2,1H3,(H,17,18). The predicted octanol–water partition coefficient (Wildman–Crippen LogP) is 2.17. The summed E-state index contributed by atoms with van der Waals surface area (Å²) in [5, 5.41) is 8.69. The Bertz CT molecular complexity index is 338. The molecule has 2 fully saturated rings. The SMILES string of the molecule is CC1CCCN1C(=O)N1CCC(CCC(=O)O)CC1. The molecule has 1 unspecified atom stereocenters. The lowest BCUT2D eigenvalue weighted by atomic mass is 9.92. The summed E-state index contributed by atoms with van der Waals surface area (Å²) < 4.78 is 0. The van der Waals surface area contributed by atoms with Gasteiger partial charge < -0.3 is 14.9 Å². The third-order valence-corrected chi connectivity index (χ3v) is 4.45. The van der Waals surface area contributed by atoms with Crippen molar-refractivity contribution in [3.63, 3.8) is 0 Å². The van der Waals surface area contributed by atoms with Crippen LogP contribution in [0.3, 0.4) is 0 Å². The zero-order valence-electron chi connectivity index (χ0n) is 11.7. The highest BCUT2D eigenvalue weighted by Gasteiger charge is 2.31. The highest BCUT2D eigenvalue weighted by atomic mass is 16.4. The van der Waals surface area contributed by atoms with E-state index in [-0.39, 0.29) is 12.5 Å². The van der Waals surface area contributed by atoms with Crippen molar-refractivity contribution < 1.29 is 14.7 Å². The minimum Gasteiger partial charge on any atom is -0.481 e. The molecule has 5 nitrogen and oxygen atoms in total. The molecule has 2 heterocycles. The van der Waals surface area contributed by atoms with Crippen molar-refractivity contribution in [2.45, 2.75) is 51.5 Å². The van der Waals surface area contributed by atoms with Crippen LogP contribution in [0.25, 0.3) is 0 Å². The van der Waals surface area contributed by atoms with Gasteiger partial charge >= 0.3 is 12.0 Å². The van der Waals surface area contributed by atoms with Gasteiger partial charge in [0, 0.05) is 32.1 Å². The summed E-state index contributed by atoms with van der Waals surface area (Å²) in [5.74, 6) is -0.249. The molecule has 2 aliphatic heterocycles. The van der Waals surface area contributed by atoms with Gasteiger partial charge in [-0.05, 0) is 44.9 Å². The fourth-order valence-electron chi connectivity index (χ4n) is 3.14. The molecule has 0 aromatic rings. The first-order valence-corrected chi connectivity index (χ1v) is 7.35. The van der Waals surface area contributed by atoms with E-state index in [1.165, 1.54) is 0 Å². The number of hydrogen-bond acceptors (Lipinski definition) is 2. The lowest BCUT2D eigenvalue weighted by Crippen LogP contribution is -2.47. The van der Waals surface area contributed by atoms with Crippen molar-refractivity contribution in [1.82, 2.24) is 9.80 Å². The van der Waals surface area contributed by atoms with Gasteiger partial charge in [-0.15, -0.1) is 0 Å². The van der Waals surface area contributed by atoms with E-state index in [0.29, 0.717) is 12.0 Å². The third kappa shape index (κ3) is 3.61. The lowest BCUT2D eigenvalue weighted by Gasteiger charge is -2.35. The summed E-state index contributed by atoms with van der Waals surface area (Å²) >= 11 is 0. The molecule has 5 heteroatoms. The van der Waals surface area contributed by atoms with E-state index in [4.69, 9.17) is 5.11 Å². The molecule has 0 spiro atoms. The van der Waals surface area contributed by atoms with Gasteiger partial charge in [0.1, 0.15) is 0 Å². The minimum absolute atomic E-state index is 0.182. The van der Waals surface area contributed by atoms with Gasteiger partial charge in [-0.2, -0.15) is 0 Å². The van der Waals surface area contributed by atoms with Gasteiger partial charge in [0.05, 0.1) is 0 Å². The molecular weight excluding hydrogens is 244 g/mol. The first-order valence-electron chi connectivity index (χ1n) is 7.35. The lowest BCUT2D eigenvalue weighted by molar-refractivity contribution is -0.137. The van der Waals surface area contributed by atoms with E-state index in [1.807, 2.05) is 9.80 Å². The summed E-state index contributed by atoms with van der Waals surface area (Å²) in [7, 11) is 0. The fourth-order valence-corrected chi connectivity index (χ4v) is 3.14. The molecule has 108 valence electrons. The molecule has 2 aliphatic rings. The average Bonchev–Trinajstić information content (AvgIpc) is 2.82. The van der Waals surface area contributed by atoms with Crippen molar-refractivity contribution in [2.75, 3.05) is 19.6 Å². The number of carbonyl (C=O) groups is 2. The number of rotatable bonds is 3. The Hall–Kier alpha value is -1.26. The van der Waals surface area contributed by atoms with Gasteiger partial charge in [0.2, 0.25) is 0 Å². The van der Waals surface area contributed by atoms with Gasteiger partial charge in [-0.1, -0.05) is 0 Å². The average molecular weight is 268 g/mol. The monoisotopic (exact) mass is 268 g/mol. The molecule has 0 bridgehead atoms. The normalized spacial score (nSPS) is 24.8. The van der Waals surface area contributed by atoms with Crippen LogP contribution in [-0.4, -0.2) is 52.6 Å². The van der Waals surface area contributed by atoms with Crippen molar-refractivity contribution in [2.24, 2.45) is 5.92 Å². The number of hydrogen-bond donors (Lipinski definition) is 1. The second-order valence-electron chi connectivity index (χ2n) is 5.83. The molecule has 1 N–H and O–H groups in total. The summed E-state index contributed by atoms with van der Waals surface area (Å²) in [6.07, 6.45) is 5.12. The molecule has 1 atom stereocenters. The minimum atomic E-state index is -0.718. The molecule has 0 aliphatic carbocycles. The number of carbonyl (C=O) groups excluding carboxylic acids is 1. The van der Waals surface area contributed by atoms with Crippen LogP contribution < -0.4 is 0 Å². The highest BCUT2D eigenvalue weighted by molar-refractivity contribution is 5.75. The van der Waals surface area contributed by atoms with Crippen molar-refractivity contribution >= 4 is 12.0 Å². The summed E-state index contributed by atoms with van der Waals surface area (Å²) in [6.45, 7) is 4.57. The fraction of sp³-hybridized carbons (Fsp3) is 0.857.